The summed E-state index contributed by atoms with van der Waals surface area (Å²) in [7, 11) is 1.74. The minimum absolute atomic E-state index is 0.0720. The van der Waals surface area contributed by atoms with Crippen molar-refractivity contribution in [2.24, 2.45) is 13.0 Å². The van der Waals surface area contributed by atoms with E-state index >= 15 is 0 Å². The summed E-state index contributed by atoms with van der Waals surface area (Å²) in [4.78, 5) is 28.3. The third kappa shape index (κ3) is 5.83. The molecule has 2 aromatic rings. The zero-order chi connectivity index (χ0) is 23.1. The molecule has 1 aliphatic rings. The van der Waals surface area contributed by atoms with E-state index in [0.717, 1.165) is 31.4 Å². The zero-order valence-electron chi connectivity index (χ0n) is 19.0. The number of pyridine rings is 1. The van der Waals surface area contributed by atoms with Gasteiger partial charge in [-0.15, -0.1) is 5.10 Å². The third-order valence-corrected chi connectivity index (χ3v) is 5.79. The minimum atomic E-state index is -0.758. The highest BCUT2D eigenvalue weighted by atomic mass is 16.5. The molecule has 0 unspecified atom stereocenters. The SMILES string of the molecule is CCCCOC(=O)Cc1c(-c2ccc(O[C@H]3CCC[C@H](C(=O)O)C3)c(CC)n2)nnn1C. The lowest BCUT2D eigenvalue weighted by atomic mass is 9.87. The molecular formula is C23H32N4O5. The molecule has 9 heteroatoms. The number of rotatable bonds is 10. The molecule has 174 valence electrons. The average Bonchev–Trinajstić information content (AvgIpc) is 3.14. The second-order valence-electron chi connectivity index (χ2n) is 8.20. The first kappa shape index (κ1) is 23.7. The lowest BCUT2D eigenvalue weighted by molar-refractivity contribution is -0.144. The number of carbonyl (C=O) groups excluding carboxylic acids is 1. The number of unbranched alkanes of at least 4 members (excludes halogenated alkanes) is 1. The van der Waals surface area contributed by atoms with Gasteiger partial charge in [-0.25, -0.2) is 4.98 Å². The molecule has 1 aliphatic carbocycles. The highest BCUT2D eigenvalue weighted by Crippen LogP contribution is 2.31. The maximum absolute atomic E-state index is 12.2. The summed E-state index contributed by atoms with van der Waals surface area (Å²) in [5.41, 5.74) is 2.57. The van der Waals surface area contributed by atoms with Crippen molar-refractivity contribution in [3.8, 4) is 17.1 Å². The van der Waals surface area contributed by atoms with Crippen LogP contribution in [0.2, 0.25) is 0 Å². The number of carboxylic acids is 1. The van der Waals surface area contributed by atoms with Crippen molar-refractivity contribution in [1.29, 1.82) is 0 Å². The molecule has 2 heterocycles. The van der Waals surface area contributed by atoms with E-state index in [9.17, 15) is 14.7 Å². The van der Waals surface area contributed by atoms with Gasteiger partial charge in [-0.3, -0.25) is 14.3 Å². The van der Waals surface area contributed by atoms with Gasteiger partial charge in [0.2, 0.25) is 0 Å². The molecule has 0 saturated heterocycles. The molecule has 0 spiro atoms. The van der Waals surface area contributed by atoms with E-state index in [1.807, 2.05) is 26.0 Å². The Kier molecular flexibility index (Phi) is 8.19. The molecule has 0 radical (unpaired) electrons. The maximum atomic E-state index is 12.2. The molecule has 3 rings (SSSR count). The highest BCUT2D eigenvalue weighted by Gasteiger charge is 2.29. The lowest BCUT2D eigenvalue weighted by Gasteiger charge is -2.28. The summed E-state index contributed by atoms with van der Waals surface area (Å²) in [6.07, 6.45) is 5.26. The second kappa shape index (κ2) is 11.1. The van der Waals surface area contributed by atoms with Gasteiger partial charge < -0.3 is 14.6 Å². The largest absolute Gasteiger partial charge is 0.488 e. The average molecular weight is 445 g/mol. The monoisotopic (exact) mass is 444 g/mol. The van der Waals surface area contributed by atoms with Crippen LogP contribution in [0.4, 0.5) is 0 Å². The van der Waals surface area contributed by atoms with Gasteiger partial charge in [-0.05, 0) is 50.7 Å². The molecule has 1 fully saturated rings. The van der Waals surface area contributed by atoms with Crippen molar-refractivity contribution in [2.45, 2.75) is 71.3 Å². The van der Waals surface area contributed by atoms with Gasteiger partial charge in [-0.1, -0.05) is 25.5 Å². The molecule has 0 aliphatic heterocycles. The van der Waals surface area contributed by atoms with Crippen molar-refractivity contribution in [3.63, 3.8) is 0 Å². The third-order valence-electron chi connectivity index (χ3n) is 5.79. The minimum Gasteiger partial charge on any atom is -0.488 e. The Morgan fingerprint density at radius 2 is 2.06 bits per heavy atom. The van der Waals surface area contributed by atoms with Crippen LogP contribution in [0.3, 0.4) is 0 Å². The molecule has 1 saturated carbocycles. The summed E-state index contributed by atoms with van der Waals surface area (Å²) < 4.78 is 13.0. The summed E-state index contributed by atoms with van der Waals surface area (Å²) in [5.74, 6) is -0.765. The van der Waals surface area contributed by atoms with E-state index < -0.39 is 5.97 Å². The van der Waals surface area contributed by atoms with Gasteiger partial charge in [0, 0.05) is 7.05 Å². The number of aryl methyl sites for hydroxylation is 2. The molecule has 9 nitrogen and oxygen atoms in total. The van der Waals surface area contributed by atoms with Crippen LogP contribution >= 0.6 is 0 Å². The predicted octanol–water partition coefficient (Wildman–Crippen LogP) is 3.35. The molecule has 0 bridgehead atoms. The molecule has 32 heavy (non-hydrogen) atoms. The van der Waals surface area contributed by atoms with Crippen LogP contribution in [0.5, 0.6) is 5.75 Å². The topological polar surface area (TPSA) is 116 Å². The van der Waals surface area contributed by atoms with E-state index in [2.05, 4.69) is 10.3 Å². The number of aliphatic carboxylic acids is 1. The predicted molar refractivity (Wildman–Crippen MR) is 117 cm³/mol. The van der Waals surface area contributed by atoms with Crippen LogP contribution in [0.15, 0.2) is 12.1 Å². The standard InChI is InChI=1S/C23H32N4O5/c1-4-6-12-31-21(28)14-19-22(25-26-27(19)3)18-10-11-20(17(5-2)24-18)32-16-9-7-8-15(13-16)23(29)30/h10-11,15-16H,4-9,12-14H2,1-3H3,(H,29,30)/t15-,16-/m0/s1. The number of esters is 1. The van der Waals surface area contributed by atoms with Gasteiger partial charge >= 0.3 is 11.9 Å². The molecule has 2 atom stereocenters. The fourth-order valence-corrected chi connectivity index (χ4v) is 3.93. The Bertz CT molecular complexity index is 942. The number of carbonyl (C=O) groups is 2. The van der Waals surface area contributed by atoms with Crippen LogP contribution in [0.25, 0.3) is 11.4 Å². The van der Waals surface area contributed by atoms with Crippen molar-refractivity contribution in [3.05, 3.63) is 23.5 Å². The number of hydrogen-bond donors (Lipinski definition) is 1. The maximum Gasteiger partial charge on any atom is 0.311 e. The Morgan fingerprint density at radius 1 is 1.25 bits per heavy atom. The normalized spacial score (nSPS) is 18.3. The van der Waals surface area contributed by atoms with E-state index in [1.54, 1.807) is 11.7 Å². The Balaban J connectivity index is 1.76. The molecule has 0 amide bonds. The van der Waals surface area contributed by atoms with E-state index in [1.165, 1.54) is 0 Å². The van der Waals surface area contributed by atoms with Crippen molar-refractivity contribution in [1.82, 2.24) is 20.0 Å². The van der Waals surface area contributed by atoms with Crippen LogP contribution in [-0.2, 0) is 34.2 Å². The number of hydrogen-bond acceptors (Lipinski definition) is 7. The summed E-state index contributed by atoms with van der Waals surface area (Å²) in [6.45, 7) is 4.44. The van der Waals surface area contributed by atoms with Crippen molar-refractivity contribution >= 4 is 11.9 Å². The van der Waals surface area contributed by atoms with Crippen molar-refractivity contribution < 1.29 is 24.2 Å². The molecule has 1 N–H and O–H groups in total. The first-order valence-corrected chi connectivity index (χ1v) is 11.4. The van der Waals surface area contributed by atoms with Gasteiger partial charge in [0.1, 0.15) is 11.4 Å². The molecule has 2 aromatic heterocycles. The van der Waals surface area contributed by atoms with Gasteiger partial charge in [0.05, 0.1) is 42.1 Å². The number of aromatic nitrogens is 4. The van der Waals surface area contributed by atoms with Crippen LogP contribution < -0.4 is 4.74 Å². The first-order chi connectivity index (χ1) is 15.4. The lowest BCUT2D eigenvalue weighted by Crippen LogP contribution is -2.29. The summed E-state index contributed by atoms with van der Waals surface area (Å²) in [6, 6.07) is 3.66. The zero-order valence-corrected chi connectivity index (χ0v) is 19.0. The van der Waals surface area contributed by atoms with Crippen LogP contribution in [0, 0.1) is 5.92 Å². The van der Waals surface area contributed by atoms with E-state index in [0.29, 0.717) is 48.7 Å². The van der Waals surface area contributed by atoms with Gasteiger partial charge in [0.15, 0.2) is 0 Å². The summed E-state index contributed by atoms with van der Waals surface area (Å²) >= 11 is 0. The Hall–Kier alpha value is -2.97. The Labute approximate surface area is 188 Å². The summed E-state index contributed by atoms with van der Waals surface area (Å²) in [5, 5.41) is 17.6. The van der Waals surface area contributed by atoms with Gasteiger partial charge in [0.25, 0.3) is 0 Å². The fourth-order valence-electron chi connectivity index (χ4n) is 3.93. The first-order valence-electron chi connectivity index (χ1n) is 11.4. The van der Waals surface area contributed by atoms with Crippen molar-refractivity contribution in [2.75, 3.05) is 6.61 Å². The van der Waals surface area contributed by atoms with Crippen LogP contribution in [-0.4, -0.2) is 49.7 Å². The highest BCUT2D eigenvalue weighted by molar-refractivity contribution is 5.75. The quantitative estimate of drug-likeness (QED) is 0.438. The molecular weight excluding hydrogens is 412 g/mol. The second-order valence-corrected chi connectivity index (χ2v) is 8.20. The number of nitrogens with zero attached hydrogens (tertiary/aromatic N) is 4. The van der Waals surface area contributed by atoms with Gasteiger partial charge in [-0.2, -0.15) is 0 Å². The fraction of sp³-hybridized carbons (Fsp3) is 0.609. The molecule has 0 aromatic carbocycles. The number of ether oxygens (including phenoxy) is 2. The number of carboxylic acid groups (broad SMARTS) is 1. The van der Waals surface area contributed by atoms with E-state index in [-0.39, 0.29) is 24.4 Å². The van der Waals surface area contributed by atoms with Crippen LogP contribution in [0.1, 0.15) is 63.8 Å². The van der Waals surface area contributed by atoms with E-state index in [4.69, 9.17) is 14.5 Å². The smallest absolute Gasteiger partial charge is 0.311 e. The Morgan fingerprint density at radius 3 is 2.78 bits per heavy atom.